The van der Waals surface area contributed by atoms with Crippen LogP contribution in [0.5, 0.6) is 17.2 Å². The average Bonchev–Trinajstić information content (AvgIpc) is 3.06. The molecule has 1 fully saturated rings. The van der Waals surface area contributed by atoms with Crippen molar-refractivity contribution in [3.63, 3.8) is 0 Å². The van der Waals surface area contributed by atoms with Crippen LogP contribution in [0.4, 0.5) is 4.79 Å². The van der Waals surface area contributed by atoms with Crippen LogP contribution in [-0.4, -0.2) is 39.5 Å². The summed E-state index contributed by atoms with van der Waals surface area (Å²) in [4.78, 5) is 35.7. The number of ether oxygens (including phenoxy) is 2. The van der Waals surface area contributed by atoms with Crippen molar-refractivity contribution < 1.29 is 29.0 Å². The molecule has 8 heteroatoms. The number of imide groups is 1. The lowest BCUT2D eigenvalue weighted by Gasteiger charge is -2.35. The fourth-order valence-electron chi connectivity index (χ4n) is 3.90. The molecular formula is C24H25NO6S. The molecule has 2 unspecified atom stereocenters. The Kier molecular flexibility index (Phi) is 6.15. The highest BCUT2D eigenvalue weighted by Gasteiger charge is 2.38. The summed E-state index contributed by atoms with van der Waals surface area (Å²) < 4.78 is 12.1. The molecule has 32 heavy (non-hydrogen) atoms. The Morgan fingerprint density at radius 2 is 1.97 bits per heavy atom. The Bertz CT molecular complexity index is 1070. The second-order valence-electron chi connectivity index (χ2n) is 8.40. The Morgan fingerprint density at radius 1 is 1.22 bits per heavy atom. The van der Waals surface area contributed by atoms with E-state index in [1.807, 2.05) is 26.0 Å². The lowest BCUT2D eigenvalue weighted by molar-refractivity contribution is -0.118. The smallest absolute Gasteiger partial charge is 0.286 e. The number of carbonyl (C=O) groups is 3. The molecule has 2 amide bonds. The van der Waals surface area contributed by atoms with Crippen LogP contribution >= 0.6 is 11.8 Å². The van der Waals surface area contributed by atoms with Crippen LogP contribution in [0.25, 0.3) is 0 Å². The van der Waals surface area contributed by atoms with Gasteiger partial charge in [-0.1, -0.05) is 37.2 Å². The van der Waals surface area contributed by atoms with Gasteiger partial charge in [-0.05, 0) is 55.2 Å². The van der Waals surface area contributed by atoms with E-state index in [9.17, 15) is 19.5 Å². The molecule has 1 saturated heterocycles. The van der Waals surface area contributed by atoms with Crippen molar-refractivity contribution in [1.82, 2.24) is 5.32 Å². The first-order valence-corrected chi connectivity index (χ1v) is 11.5. The minimum Gasteiger partial charge on any atom is -0.508 e. The molecule has 2 aromatic carbocycles. The Labute approximate surface area is 190 Å². The third-order valence-electron chi connectivity index (χ3n) is 5.55. The zero-order chi connectivity index (χ0) is 22.9. The largest absolute Gasteiger partial charge is 0.508 e. The van der Waals surface area contributed by atoms with Crippen molar-refractivity contribution in [2.75, 3.05) is 6.61 Å². The molecule has 2 heterocycles. The summed E-state index contributed by atoms with van der Waals surface area (Å²) in [5, 5.41) is 11.7. The van der Waals surface area contributed by atoms with Gasteiger partial charge in [0.05, 0.1) is 17.2 Å². The first-order valence-electron chi connectivity index (χ1n) is 10.6. The van der Waals surface area contributed by atoms with Crippen LogP contribution in [0.2, 0.25) is 0 Å². The molecule has 0 bridgehead atoms. The zero-order valence-corrected chi connectivity index (χ0v) is 18.8. The number of phenols is 1. The van der Waals surface area contributed by atoms with E-state index < -0.39 is 10.9 Å². The maximum absolute atomic E-state index is 12.7. The second kappa shape index (κ2) is 8.86. The summed E-state index contributed by atoms with van der Waals surface area (Å²) in [7, 11) is 0. The van der Waals surface area contributed by atoms with E-state index in [4.69, 9.17) is 9.47 Å². The number of aromatic hydroxyl groups is 1. The maximum atomic E-state index is 12.7. The Morgan fingerprint density at radius 3 is 2.62 bits per heavy atom. The number of rotatable bonds is 7. The zero-order valence-electron chi connectivity index (χ0n) is 18.0. The van der Waals surface area contributed by atoms with E-state index in [2.05, 4.69) is 5.32 Å². The quantitative estimate of drug-likeness (QED) is 0.650. The standard InChI is InChI=1S/C24H25NO6S/c1-3-4-15-10-20-17(11-18(15)26)19(27)12-24(2,31-20)13-30-16-7-5-14(6-8-16)9-21-22(28)25-23(29)32-21/h5-8,10-11,21,26H,3-4,9,12-13H2,1-2H3,(H,25,28,29). The number of phenolic OH excluding ortho intramolecular Hbond substituents is 1. The number of carbonyl (C=O) groups excluding carboxylic acids is 3. The van der Waals surface area contributed by atoms with Crippen molar-refractivity contribution in [2.45, 2.75) is 50.4 Å². The van der Waals surface area contributed by atoms with Gasteiger partial charge in [0.2, 0.25) is 5.91 Å². The summed E-state index contributed by atoms with van der Waals surface area (Å²) in [5.41, 5.74) is 1.25. The van der Waals surface area contributed by atoms with Crippen molar-refractivity contribution in [2.24, 2.45) is 0 Å². The molecule has 2 atom stereocenters. The van der Waals surface area contributed by atoms with Crippen LogP contribution in [0, 0.1) is 0 Å². The number of Topliss-reactive ketones (excluding diaryl/α,β-unsaturated/α-hetero) is 1. The lowest BCUT2D eigenvalue weighted by atomic mass is 9.90. The molecule has 0 aliphatic carbocycles. The van der Waals surface area contributed by atoms with Crippen LogP contribution in [0.15, 0.2) is 36.4 Å². The molecule has 168 valence electrons. The van der Waals surface area contributed by atoms with Crippen LogP contribution < -0.4 is 14.8 Å². The predicted molar refractivity (Wildman–Crippen MR) is 121 cm³/mol. The van der Waals surface area contributed by atoms with Crippen molar-refractivity contribution >= 4 is 28.7 Å². The molecule has 0 radical (unpaired) electrons. The number of hydrogen-bond acceptors (Lipinski definition) is 7. The summed E-state index contributed by atoms with van der Waals surface area (Å²) in [6.07, 6.45) is 2.18. The van der Waals surface area contributed by atoms with Gasteiger partial charge in [0.1, 0.15) is 29.5 Å². The first-order chi connectivity index (χ1) is 15.3. The van der Waals surface area contributed by atoms with E-state index in [1.54, 1.807) is 18.2 Å². The van der Waals surface area contributed by atoms with Crippen LogP contribution in [0.3, 0.4) is 0 Å². The molecule has 0 aromatic heterocycles. The molecule has 2 aliphatic heterocycles. The van der Waals surface area contributed by atoms with Gasteiger partial charge in [-0.15, -0.1) is 0 Å². The number of amides is 2. The SMILES string of the molecule is CCCc1cc2c(cc1O)C(=O)CC(C)(COc1ccc(CC3SC(=O)NC3=O)cc1)O2. The minimum absolute atomic E-state index is 0.0899. The number of hydrogen-bond donors (Lipinski definition) is 2. The number of benzene rings is 2. The number of fused-ring (bicyclic) bond motifs is 1. The normalized spacial score (nSPS) is 22.3. The average molecular weight is 456 g/mol. The molecule has 7 nitrogen and oxygen atoms in total. The first kappa shape index (κ1) is 22.2. The third-order valence-corrected chi connectivity index (χ3v) is 6.53. The highest BCUT2D eigenvalue weighted by atomic mass is 32.2. The maximum Gasteiger partial charge on any atom is 0.286 e. The van der Waals surface area contributed by atoms with Crippen molar-refractivity contribution in [3.8, 4) is 17.2 Å². The highest BCUT2D eigenvalue weighted by molar-refractivity contribution is 8.15. The van der Waals surface area contributed by atoms with Crippen LogP contribution in [-0.2, 0) is 17.6 Å². The minimum atomic E-state index is -0.831. The van der Waals surface area contributed by atoms with Crippen molar-refractivity contribution in [3.05, 3.63) is 53.1 Å². The molecular weight excluding hydrogens is 430 g/mol. The summed E-state index contributed by atoms with van der Waals surface area (Å²) in [6, 6.07) is 10.6. The number of ketones is 1. The number of nitrogens with one attached hydrogen (secondary N) is 1. The number of aryl methyl sites for hydroxylation is 1. The molecule has 2 aromatic rings. The predicted octanol–water partition coefficient (Wildman–Crippen LogP) is 4.04. The summed E-state index contributed by atoms with van der Waals surface area (Å²) >= 11 is 1.01. The number of thioether (sulfide) groups is 1. The fraction of sp³-hybridized carbons (Fsp3) is 0.375. The van der Waals surface area contributed by atoms with Gasteiger partial charge in [-0.2, -0.15) is 0 Å². The van der Waals surface area contributed by atoms with E-state index in [-0.39, 0.29) is 35.7 Å². The third kappa shape index (κ3) is 4.75. The summed E-state index contributed by atoms with van der Waals surface area (Å²) in [5.74, 6) is 0.871. The molecule has 0 saturated carbocycles. The molecule has 4 rings (SSSR count). The van der Waals surface area contributed by atoms with Gasteiger partial charge in [0, 0.05) is 0 Å². The van der Waals surface area contributed by atoms with Gasteiger partial charge < -0.3 is 14.6 Å². The Hall–Kier alpha value is -3.00. The van der Waals surface area contributed by atoms with Gasteiger partial charge in [0.15, 0.2) is 5.78 Å². The molecule has 2 N–H and O–H groups in total. The van der Waals surface area contributed by atoms with E-state index in [0.717, 1.165) is 29.3 Å². The highest BCUT2D eigenvalue weighted by Crippen LogP contribution is 2.38. The van der Waals surface area contributed by atoms with Crippen LogP contribution in [0.1, 0.15) is 48.2 Å². The van der Waals surface area contributed by atoms with E-state index in [0.29, 0.717) is 29.9 Å². The van der Waals surface area contributed by atoms with Gasteiger partial charge in [-0.25, -0.2) is 0 Å². The molecule has 0 spiro atoms. The lowest BCUT2D eigenvalue weighted by Crippen LogP contribution is -2.44. The van der Waals surface area contributed by atoms with Crippen molar-refractivity contribution in [1.29, 1.82) is 0 Å². The van der Waals surface area contributed by atoms with Gasteiger partial charge in [0.25, 0.3) is 5.24 Å². The monoisotopic (exact) mass is 455 g/mol. The fourth-order valence-corrected chi connectivity index (χ4v) is 4.76. The van der Waals surface area contributed by atoms with Gasteiger partial charge >= 0.3 is 0 Å². The Balaban J connectivity index is 1.40. The van der Waals surface area contributed by atoms with E-state index in [1.165, 1.54) is 6.07 Å². The van der Waals surface area contributed by atoms with Gasteiger partial charge in [-0.3, -0.25) is 19.7 Å². The topological polar surface area (TPSA) is 102 Å². The molecule has 2 aliphatic rings. The second-order valence-corrected chi connectivity index (χ2v) is 9.57. The van der Waals surface area contributed by atoms with E-state index >= 15 is 0 Å². The summed E-state index contributed by atoms with van der Waals surface area (Å²) in [6.45, 7) is 4.04.